The Bertz CT molecular complexity index is 643. The van der Waals surface area contributed by atoms with Crippen molar-refractivity contribution in [1.29, 1.82) is 0 Å². The summed E-state index contributed by atoms with van der Waals surface area (Å²) in [5, 5.41) is 2.88. The van der Waals surface area contributed by atoms with Crippen LogP contribution in [-0.2, 0) is 17.8 Å². The molecule has 0 saturated heterocycles. The van der Waals surface area contributed by atoms with E-state index in [9.17, 15) is 9.18 Å². The molecule has 0 unspecified atom stereocenters. The molecule has 0 aliphatic heterocycles. The van der Waals surface area contributed by atoms with Gasteiger partial charge in [-0.3, -0.25) is 9.69 Å². The van der Waals surface area contributed by atoms with E-state index in [2.05, 4.69) is 36.2 Å². The van der Waals surface area contributed by atoms with E-state index >= 15 is 0 Å². The second-order valence-corrected chi connectivity index (χ2v) is 6.18. The van der Waals surface area contributed by atoms with Gasteiger partial charge >= 0.3 is 0 Å². The molecule has 0 aliphatic carbocycles. The number of carbonyl (C=O) groups excluding carboxylic acids is 1. The van der Waals surface area contributed by atoms with Crippen molar-refractivity contribution >= 4 is 5.91 Å². The molecule has 3 nitrogen and oxygen atoms in total. The molecule has 0 heterocycles. The van der Waals surface area contributed by atoms with Gasteiger partial charge in [0.05, 0.1) is 6.54 Å². The first kappa shape index (κ1) is 18.1. The van der Waals surface area contributed by atoms with Gasteiger partial charge in [-0.15, -0.1) is 0 Å². The third-order valence-corrected chi connectivity index (χ3v) is 3.98. The molecule has 24 heavy (non-hydrogen) atoms. The van der Waals surface area contributed by atoms with E-state index in [1.54, 1.807) is 18.2 Å². The monoisotopic (exact) mass is 328 g/mol. The topological polar surface area (TPSA) is 32.3 Å². The van der Waals surface area contributed by atoms with Crippen LogP contribution in [0.25, 0.3) is 0 Å². The molecule has 0 atom stereocenters. The lowest BCUT2D eigenvalue weighted by Crippen LogP contribution is -2.41. The number of carbonyl (C=O) groups is 1. The summed E-state index contributed by atoms with van der Waals surface area (Å²) in [6.07, 6.45) is 0.499. The molecule has 0 spiro atoms. The summed E-state index contributed by atoms with van der Waals surface area (Å²) in [6, 6.07) is 17.0. The fourth-order valence-corrected chi connectivity index (χ4v) is 2.52. The largest absolute Gasteiger partial charge is 0.355 e. The Labute approximate surface area is 143 Å². The molecule has 0 bridgehead atoms. The zero-order chi connectivity index (χ0) is 17.4. The van der Waals surface area contributed by atoms with Crippen LogP contribution >= 0.6 is 0 Å². The molecule has 0 radical (unpaired) electrons. The van der Waals surface area contributed by atoms with Crippen LogP contribution in [0.3, 0.4) is 0 Å². The summed E-state index contributed by atoms with van der Waals surface area (Å²) < 4.78 is 13.6. The molecule has 0 aromatic heterocycles. The molecule has 2 aromatic carbocycles. The average molecular weight is 328 g/mol. The number of amides is 1. The molecule has 2 rings (SSSR count). The fourth-order valence-electron chi connectivity index (χ4n) is 2.52. The number of nitrogens with zero attached hydrogens (tertiary/aromatic N) is 1. The molecule has 1 amide bonds. The summed E-state index contributed by atoms with van der Waals surface area (Å²) in [6.45, 7) is 5.67. The fraction of sp³-hybridized carbons (Fsp3) is 0.350. The smallest absolute Gasteiger partial charge is 0.234 e. The lowest BCUT2D eigenvalue weighted by molar-refractivity contribution is -0.122. The minimum Gasteiger partial charge on any atom is -0.355 e. The molecular weight excluding hydrogens is 303 g/mol. The van der Waals surface area contributed by atoms with Crippen molar-refractivity contribution in [1.82, 2.24) is 10.2 Å². The first-order chi connectivity index (χ1) is 11.6. The lowest BCUT2D eigenvalue weighted by atomic mass is 10.1. The van der Waals surface area contributed by atoms with Gasteiger partial charge in [0.2, 0.25) is 5.91 Å². The van der Waals surface area contributed by atoms with Gasteiger partial charge in [-0.2, -0.15) is 0 Å². The quantitative estimate of drug-likeness (QED) is 0.805. The van der Waals surface area contributed by atoms with Crippen LogP contribution < -0.4 is 5.32 Å². The predicted octanol–water partition coefficient (Wildman–Crippen LogP) is 3.40. The van der Waals surface area contributed by atoms with Crippen molar-refractivity contribution in [3.63, 3.8) is 0 Å². The first-order valence-electron chi connectivity index (χ1n) is 8.34. The maximum absolute atomic E-state index is 13.6. The second kappa shape index (κ2) is 9.18. The summed E-state index contributed by atoms with van der Waals surface area (Å²) in [5.74, 6) is -0.254. The molecule has 0 fully saturated rings. The molecule has 2 aromatic rings. The summed E-state index contributed by atoms with van der Waals surface area (Å²) >= 11 is 0. The Balaban J connectivity index is 1.81. The maximum Gasteiger partial charge on any atom is 0.234 e. The first-order valence-corrected chi connectivity index (χ1v) is 8.34. The zero-order valence-electron chi connectivity index (χ0n) is 14.3. The number of hydrogen-bond donors (Lipinski definition) is 1. The second-order valence-electron chi connectivity index (χ2n) is 6.18. The van der Waals surface area contributed by atoms with Gasteiger partial charge in [0, 0.05) is 19.1 Å². The Morgan fingerprint density at radius 1 is 1.08 bits per heavy atom. The van der Waals surface area contributed by atoms with E-state index in [0.717, 1.165) is 6.54 Å². The molecule has 1 N–H and O–H groups in total. The SMILES string of the molecule is CC(C)N(CC(=O)NCCc1ccccc1F)Cc1ccccc1. The van der Waals surface area contributed by atoms with Crippen molar-refractivity contribution in [3.05, 3.63) is 71.5 Å². The minimum absolute atomic E-state index is 0.0315. The van der Waals surface area contributed by atoms with Gasteiger partial charge in [-0.1, -0.05) is 48.5 Å². The predicted molar refractivity (Wildman–Crippen MR) is 95.1 cm³/mol. The van der Waals surface area contributed by atoms with E-state index in [1.165, 1.54) is 11.6 Å². The summed E-state index contributed by atoms with van der Waals surface area (Å²) in [7, 11) is 0. The molecular formula is C20H25FN2O. The van der Waals surface area contributed by atoms with Crippen LogP contribution in [0.4, 0.5) is 4.39 Å². The Morgan fingerprint density at radius 2 is 1.75 bits per heavy atom. The normalized spacial score (nSPS) is 11.0. The van der Waals surface area contributed by atoms with Gasteiger partial charge in [-0.25, -0.2) is 4.39 Å². The van der Waals surface area contributed by atoms with E-state index < -0.39 is 0 Å². The Kier molecular flexibility index (Phi) is 6.94. The Morgan fingerprint density at radius 3 is 2.42 bits per heavy atom. The van der Waals surface area contributed by atoms with E-state index in [0.29, 0.717) is 25.1 Å². The van der Waals surface area contributed by atoms with Crippen LogP contribution in [0.5, 0.6) is 0 Å². The van der Waals surface area contributed by atoms with Crippen molar-refractivity contribution < 1.29 is 9.18 Å². The van der Waals surface area contributed by atoms with Crippen LogP contribution in [0.2, 0.25) is 0 Å². The molecule has 0 saturated carbocycles. The van der Waals surface area contributed by atoms with Crippen LogP contribution in [0.1, 0.15) is 25.0 Å². The van der Waals surface area contributed by atoms with Crippen molar-refractivity contribution in [3.8, 4) is 0 Å². The van der Waals surface area contributed by atoms with Crippen molar-refractivity contribution in [2.75, 3.05) is 13.1 Å². The average Bonchev–Trinajstić information content (AvgIpc) is 2.57. The number of nitrogens with one attached hydrogen (secondary N) is 1. The van der Waals surface area contributed by atoms with Crippen LogP contribution in [0.15, 0.2) is 54.6 Å². The van der Waals surface area contributed by atoms with Crippen molar-refractivity contribution in [2.45, 2.75) is 32.9 Å². The van der Waals surface area contributed by atoms with Crippen molar-refractivity contribution in [2.24, 2.45) is 0 Å². The van der Waals surface area contributed by atoms with Crippen LogP contribution in [-0.4, -0.2) is 29.9 Å². The van der Waals surface area contributed by atoms with Gasteiger partial charge in [0.1, 0.15) is 5.82 Å². The van der Waals surface area contributed by atoms with E-state index in [4.69, 9.17) is 0 Å². The van der Waals surface area contributed by atoms with Gasteiger partial charge in [0.15, 0.2) is 0 Å². The lowest BCUT2D eigenvalue weighted by Gasteiger charge is -2.26. The number of rotatable bonds is 8. The van der Waals surface area contributed by atoms with Gasteiger partial charge < -0.3 is 5.32 Å². The zero-order valence-corrected chi connectivity index (χ0v) is 14.3. The number of halogens is 1. The number of benzene rings is 2. The highest BCUT2D eigenvalue weighted by Crippen LogP contribution is 2.08. The Hall–Kier alpha value is -2.20. The third kappa shape index (κ3) is 5.78. The van der Waals surface area contributed by atoms with Crippen LogP contribution in [0, 0.1) is 5.82 Å². The molecule has 4 heteroatoms. The highest BCUT2D eigenvalue weighted by molar-refractivity contribution is 5.78. The highest BCUT2D eigenvalue weighted by Gasteiger charge is 2.14. The van der Waals surface area contributed by atoms with E-state index in [1.807, 2.05) is 18.2 Å². The molecule has 128 valence electrons. The maximum atomic E-state index is 13.6. The number of hydrogen-bond acceptors (Lipinski definition) is 2. The van der Waals surface area contributed by atoms with Gasteiger partial charge in [-0.05, 0) is 37.5 Å². The third-order valence-electron chi connectivity index (χ3n) is 3.98. The summed E-state index contributed by atoms with van der Waals surface area (Å²) in [4.78, 5) is 14.3. The molecule has 0 aliphatic rings. The minimum atomic E-state index is -0.223. The highest BCUT2D eigenvalue weighted by atomic mass is 19.1. The standard InChI is InChI=1S/C20H25FN2O/c1-16(2)23(14-17-8-4-3-5-9-17)15-20(24)22-13-12-18-10-6-7-11-19(18)21/h3-11,16H,12-15H2,1-2H3,(H,22,24). The summed E-state index contributed by atoms with van der Waals surface area (Å²) in [5.41, 5.74) is 1.81. The van der Waals surface area contributed by atoms with Gasteiger partial charge in [0.25, 0.3) is 0 Å². The van der Waals surface area contributed by atoms with E-state index in [-0.39, 0.29) is 17.8 Å².